The number of benzene rings is 2. The van der Waals surface area contributed by atoms with Crippen molar-refractivity contribution >= 4 is 34.4 Å². The van der Waals surface area contributed by atoms with E-state index in [1.807, 2.05) is 42.5 Å². The van der Waals surface area contributed by atoms with E-state index >= 15 is 0 Å². The molecule has 0 radical (unpaired) electrons. The molecule has 0 spiro atoms. The van der Waals surface area contributed by atoms with Crippen LogP contribution < -0.4 is 5.43 Å². The van der Waals surface area contributed by atoms with Crippen molar-refractivity contribution in [3.05, 3.63) is 52.7 Å². The van der Waals surface area contributed by atoms with Crippen molar-refractivity contribution in [3.63, 3.8) is 0 Å². The van der Waals surface area contributed by atoms with E-state index in [1.54, 1.807) is 0 Å². The fraction of sp³-hybridized carbons (Fsp3) is 0. The second-order valence-electron chi connectivity index (χ2n) is 3.70. The molecule has 0 saturated heterocycles. The van der Waals surface area contributed by atoms with Gasteiger partial charge < -0.3 is 4.98 Å². The third-order valence-electron chi connectivity index (χ3n) is 2.72. The van der Waals surface area contributed by atoms with Crippen LogP contribution in [0.1, 0.15) is 0 Å². The maximum Gasteiger partial charge on any atom is 0.197 e. The number of para-hydroxylation sites is 2. The van der Waals surface area contributed by atoms with E-state index < -0.39 is 0 Å². The summed E-state index contributed by atoms with van der Waals surface area (Å²) in [5.74, 6) is 0. The summed E-state index contributed by atoms with van der Waals surface area (Å²) in [7, 11) is 0. The Morgan fingerprint density at radius 2 is 1.69 bits per heavy atom. The fourth-order valence-corrected chi connectivity index (χ4v) is 2.19. The summed E-state index contributed by atoms with van der Waals surface area (Å²) in [6.45, 7) is 0. The molecule has 2 nitrogen and oxygen atoms in total. The minimum absolute atomic E-state index is 0.0558. The predicted octanol–water partition coefficient (Wildman–Crippen LogP) is 2.97. The molecule has 0 aliphatic rings. The number of pyridine rings is 1. The lowest BCUT2D eigenvalue weighted by molar-refractivity contribution is 1.40. The molecule has 1 heterocycles. The Bertz CT molecular complexity index is 746. The molecule has 0 aliphatic carbocycles. The maximum absolute atomic E-state index is 12.2. The molecular weight excluding hydrogens is 218 g/mol. The quantitative estimate of drug-likeness (QED) is 0.449. The van der Waals surface area contributed by atoms with Crippen LogP contribution in [0.25, 0.3) is 21.8 Å². The molecule has 0 aliphatic heterocycles. The Morgan fingerprint density at radius 1 is 0.938 bits per heavy atom. The normalized spacial score (nSPS) is 11.1. The largest absolute Gasteiger partial charge is 0.353 e. The van der Waals surface area contributed by atoms with Crippen LogP contribution in [0, 0.1) is 0 Å². The van der Waals surface area contributed by atoms with Gasteiger partial charge in [0.25, 0.3) is 0 Å². The molecule has 0 saturated carbocycles. The molecule has 3 rings (SSSR count). The number of aromatic nitrogens is 1. The van der Waals surface area contributed by atoms with Gasteiger partial charge in [-0.2, -0.15) is 0 Å². The molecule has 0 bridgehead atoms. The van der Waals surface area contributed by atoms with Gasteiger partial charge in [-0.05, 0) is 24.3 Å². The first-order chi connectivity index (χ1) is 7.77. The molecule has 0 unspecified atom stereocenters. The lowest BCUT2D eigenvalue weighted by Crippen LogP contribution is -2.03. The number of hydrogen-bond acceptors (Lipinski definition) is 2. The number of rotatable bonds is 0. The molecular formula is C13H9NOS. The third kappa shape index (κ3) is 1.25. The number of nitrogens with one attached hydrogen (secondary N) is 1. The summed E-state index contributed by atoms with van der Waals surface area (Å²) in [5.41, 5.74) is 1.70. The molecule has 2 aromatic carbocycles. The van der Waals surface area contributed by atoms with E-state index in [0.29, 0.717) is 10.8 Å². The maximum atomic E-state index is 12.2. The Kier molecular flexibility index (Phi) is 2.01. The van der Waals surface area contributed by atoms with Crippen LogP contribution in [0.4, 0.5) is 0 Å². The van der Waals surface area contributed by atoms with Gasteiger partial charge in [0.2, 0.25) is 0 Å². The minimum Gasteiger partial charge on any atom is -0.353 e. The summed E-state index contributed by atoms with van der Waals surface area (Å²) >= 11 is 4.35. The first kappa shape index (κ1) is 9.48. The summed E-state index contributed by atoms with van der Waals surface area (Å²) in [6, 6.07) is 13.0. The highest BCUT2D eigenvalue weighted by atomic mass is 32.1. The molecule has 16 heavy (non-hydrogen) atoms. The lowest BCUT2D eigenvalue weighted by atomic mass is 10.1. The molecule has 1 N–H and O–H groups in total. The van der Waals surface area contributed by atoms with Crippen molar-refractivity contribution in [3.8, 4) is 0 Å². The van der Waals surface area contributed by atoms with Gasteiger partial charge in [0.15, 0.2) is 5.43 Å². The smallest absolute Gasteiger partial charge is 0.197 e. The fourth-order valence-electron chi connectivity index (χ4n) is 1.93. The Labute approximate surface area is 97.3 Å². The predicted molar refractivity (Wildman–Crippen MR) is 69.3 cm³/mol. The van der Waals surface area contributed by atoms with Crippen molar-refractivity contribution in [1.29, 1.82) is 0 Å². The van der Waals surface area contributed by atoms with Crippen molar-refractivity contribution in [1.82, 2.24) is 4.98 Å². The highest BCUT2D eigenvalue weighted by Gasteiger charge is 2.05. The van der Waals surface area contributed by atoms with E-state index in [0.717, 1.165) is 15.9 Å². The molecule has 78 valence electrons. The van der Waals surface area contributed by atoms with E-state index in [-0.39, 0.29) is 5.43 Å². The third-order valence-corrected chi connectivity index (χ3v) is 3.09. The van der Waals surface area contributed by atoms with Gasteiger partial charge in [0.1, 0.15) is 0 Å². The molecule has 0 atom stereocenters. The van der Waals surface area contributed by atoms with Gasteiger partial charge in [0, 0.05) is 21.2 Å². The Morgan fingerprint density at radius 3 is 2.56 bits per heavy atom. The van der Waals surface area contributed by atoms with Crippen LogP contribution >= 0.6 is 12.6 Å². The zero-order valence-corrected chi connectivity index (χ0v) is 9.29. The SMILES string of the molecule is O=c1c2ccccc2[nH]c2c(S)cccc12. The van der Waals surface area contributed by atoms with Gasteiger partial charge in [0.05, 0.1) is 5.52 Å². The summed E-state index contributed by atoms with van der Waals surface area (Å²) in [5, 5.41) is 1.40. The van der Waals surface area contributed by atoms with Gasteiger partial charge >= 0.3 is 0 Å². The van der Waals surface area contributed by atoms with Crippen LogP contribution in [0.2, 0.25) is 0 Å². The van der Waals surface area contributed by atoms with Gasteiger partial charge in [-0.1, -0.05) is 18.2 Å². The molecule has 3 aromatic rings. The Balaban J connectivity index is 2.67. The van der Waals surface area contributed by atoms with Gasteiger partial charge in [-0.15, -0.1) is 12.6 Å². The summed E-state index contributed by atoms with van der Waals surface area (Å²) < 4.78 is 0. The second kappa shape index (κ2) is 3.39. The van der Waals surface area contributed by atoms with Crippen molar-refractivity contribution in [2.75, 3.05) is 0 Å². The number of aromatic amines is 1. The average Bonchev–Trinajstić information content (AvgIpc) is 2.31. The van der Waals surface area contributed by atoms with Crippen LogP contribution in [0.5, 0.6) is 0 Å². The number of hydrogen-bond donors (Lipinski definition) is 2. The van der Waals surface area contributed by atoms with Crippen LogP contribution in [0.15, 0.2) is 52.2 Å². The second-order valence-corrected chi connectivity index (χ2v) is 4.18. The molecule has 1 aromatic heterocycles. The topological polar surface area (TPSA) is 32.9 Å². The summed E-state index contributed by atoms with van der Waals surface area (Å²) in [6.07, 6.45) is 0. The first-order valence-corrected chi connectivity index (χ1v) is 5.45. The van der Waals surface area contributed by atoms with Crippen LogP contribution in [0.3, 0.4) is 0 Å². The first-order valence-electron chi connectivity index (χ1n) is 5.00. The van der Waals surface area contributed by atoms with Gasteiger partial charge in [-0.25, -0.2) is 0 Å². The van der Waals surface area contributed by atoms with Gasteiger partial charge in [-0.3, -0.25) is 4.79 Å². The number of fused-ring (bicyclic) bond motifs is 2. The zero-order chi connectivity index (χ0) is 11.1. The number of H-pyrrole nitrogens is 1. The van der Waals surface area contributed by atoms with Crippen molar-refractivity contribution in [2.24, 2.45) is 0 Å². The Hall–Kier alpha value is -1.74. The molecule has 3 heteroatoms. The standard InChI is InChI=1S/C13H9NOS/c15-13-8-4-1-2-6-10(8)14-12-9(13)5-3-7-11(12)16/h1-7,16H,(H,14,15). The molecule has 0 fully saturated rings. The van der Waals surface area contributed by atoms with Crippen molar-refractivity contribution in [2.45, 2.75) is 4.90 Å². The summed E-state index contributed by atoms with van der Waals surface area (Å²) in [4.78, 5) is 16.2. The van der Waals surface area contributed by atoms with E-state index in [2.05, 4.69) is 17.6 Å². The highest BCUT2D eigenvalue weighted by molar-refractivity contribution is 7.80. The monoisotopic (exact) mass is 227 g/mol. The minimum atomic E-state index is 0.0558. The highest BCUT2D eigenvalue weighted by Crippen LogP contribution is 2.20. The molecule has 0 amide bonds. The average molecular weight is 227 g/mol. The zero-order valence-electron chi connectivity index (χ0n) is 8.40. The van der Waals surface area contributed by atoms with E-state index in [4.69, 9.17) is 0 Å². The van der Waals surface area contributed by atoms with E-state index in [9.17, 15) is 4.79 Å². The van der Waals surface area contributed by atoms with E-state index in [1.165, 1.54) is 0 Å². The lowest BCUT2D eigenvalue weighted by Gasteiger charge is -2.03. The van der Waals surface area contributed by atoms with Crippen LogP contribution in [-0.4, -0.2) is 4.98 Å². The van der Waals surface area contributed by atoms with Crippen LogP contribution in [-0.2, 0) is 0 Å². The number of thiol groups is 1. The van der Waals surface area contributed by atoms with Crippen molar-refractivity contribution < 1.29 is 0 Å².